The van der Waals surface area contributed by atoms with E-state index in [4.69, 9.17) is 22.3 Å². The van der Waals surface area contributed by atoms with Crippen LogP contribution < -0.4 is 27.8 Å². The van der Waals surface area contributed by atoms with Gasteiger partial charge in [0.1, 0.15) is 6.54 Å². The van der Waals surface area contributed by atoms with Crippen molar-refractivity contribution in [2.45, 2.75) is 25.4 Å². The van der Waals surface area contributed by atoms with Crippen molar-refractivity contribution in [3.8, 4) is 0 Å². The summed E-state index contributed by atoms with van der Waals surface area (Å²) < 4.78 is 0. The van der Waals surface area contributed by atoms with Crippen LogP contribution in [0, 0.1) is 0 Å². The lowest BCUT2D eigenvalue weighted by atomic mass is 10.1. The Morgan fingerprint density at radius 2 is 1.88 bits per heavy atom. The molecule has 9 heteroatoms. The fraction of sp³-hybridized carbons (Fsp3) is 0.400. The zero-order valence-corrected chi connectivity index (χ0v) is 13.4. The van der Waals surface area contributed by atoms with Crippen LogP contribution in [-0.2, 0) is 16.1 Å². The van der Waals surface area contributed by atoms with E-state index in [1.54, 1.807) is 12.1 Å². The Morgan fingerprint density at radius 1 is 1.21 bits per heavy atom. The fourth-order valence-electron chi connectivity index (χ4n) is 1.99. The molecule has 1 aromatic rings. The van der Waals surface area contributed by atoms with Crippen molar-refractivity contribution in [1.29, 1.82) is 0 Å². The first-order valence-electron chi connectivity index (χ1n) is 7.51. The van der Waals surface area contributed by atoms with Gasteiger partial charge >= 0.3 is 5.97 Å². The van der Waals surface area contributed by atoms with Gasteiger partial charge in [-0.2, -0.15) is 0 Å². The molecule has 0 fully saturated rings. The molecule has 24 heavy (non-hydrogen) atoms. The van der Waals surface area contributed by atoms with Crippen LogP contribution >= 0.6 is 0 Å². The second-order valence-corrected chi connectivity index (χ2v) is 5.24. The first kappa shape index (κ1) is 19.2. The Kier molecular flexibility index (Phi) is 8.06. The van der Waals surface area contributed by atoms with E-state index in [1.165, 1.54) is 0 Å². The van der Waals surface area contributed by atoms with E-state index in [1.807, 2.05) is 12.1 Å². The third kappa shape index (κ3) is 7.99. The molecule has 0 aromatic heterocycles. The smallest absolute Gasteiger partial charge is 0.322 e. The number of benzene rings is 1. The number of anilines is 1. The summed E-state index contributed by atoms with van der Waals surface area (Å²) in [6.07, 6.45) is 1.05. The monoisotopic (exact) mass is 336 g/mol. The predicted octanol–water partition coefficient (Wildman–Crippen LogP) is -1.02. The number of hydrogen-bond donors (Lipinski definition) is 6. The van der Waals surface area contributed by atoms with E-state index in [9.17, 15) is 9.59 Å². The molecule has 0 aliphatic rings. The molecule has 0 heterocycles. The molecule has 0 saturated carbocycles. The van der Waals surface area contributed by atoms with E-state index in [0.717, 1.165) is 5.56 Å². The minimum absolute atomic E-state index is 0.00304. The molecule has 0 radical (unpaired) electrons. The number of nitrogens with zero attached hydrogens (tertiary/aromatic N) is 1. The van der Waals surface area contributed by atoms with Gasteiger partial charge in [0.15, 0.2) is 5.96 Å². The number of aliphatic carboxylic acids is 1. The van der Waals surface area contributed by atoms with Crippen LogP contribution in [0.5, 0.6) is 0 Å². The summed E-state index contributed by atoms with van der Waals surface area (Å²) in [5, 5.41) is 14.1. The molecule has 132 valence electrons. The van der Waals surface area contributed by atoms with Gasteiger partial charge in [-0.05, 0) is 30.5 Å². The maximum absolute atomic E-state index is 12.1. The number of carboxylic acids is 1. The topological polar surface area (TPSA) is 169 Å². The largest absolute Gasteiger partial charge is 0.480 e. The normalized spacial score (nSPS) is 11.5. The Balaban J connectivity index is 2.57. The minimum Gasteiger partial charge on any atom is -0.480 e. The standard InChI is InChI=1S/C15H24N6O3/c16-11-5-3-10(4-6-11)8-20-12(2-1-7-19-15(17)18)14(24)21-9-13(22)23/h3-6,12,20H,1-2,7-9,16H2,(H,21,24)(H,22,23)(H4,17,18,19)/t12-/m1/s1. The van der Waals surface area contributed by atoms with Gasteiger partial charge in [0, 0.05) is 18.8 Å². The quantitative estimate of drug-likeness (QED) is 0.137. The number of rotatable bonds is 10. The molecule has 0 aliphatic carbocycles. The van der Waals surface area contributed by atoms with Crippen molar-refractivity contribution in [2.24, 2.45) is 16.5 Å². The summed E-state index contributed by atoms with van der Waals surface area (Å²) in [5.41, 5.74) is 17.8. The first-order chi connectivity index (χ1) is 11.4. The fourth-order valence-corrected chi connectivity index (χ4v) is 1.99. The lowest BCUT2D eigenvalue weighted by molar-refractivity contribution is -0.138. The summed E-state index contributed by atoms with van der Waals surface area (Å²) in [5.74, 6) is -1.48. The van der Waals surface area contributed by atoms with Crippen molar-refractivity contribution in [2.75, 3.05) is 18.8 Å². The van der Waals surface area contributed by atoms with Gasteiger partial charge in [0.25, 0.3) is 0 Å². The third-order valence-electron chi connectivity index (χ3n) is 3.21. The zero-order valence-electron chi connectivity index (χ0n) is 13.4. The first-order valence-corrected chi connectivity index (χ1v) is 7.51. The number of carboxylic acid groups (broad SMARTS) is 1. The Hall–Kier alpha value is -2.81. The molecule has 0 spiro atoms. The molecular formula is C15H24N6O3. The van der Waals surface area contributed by atoms with Gasteiger partial charge in [0.05, 0.1) is 6.04 Å². The van der Waals surface area contributed by atoms with Crippen LogP contribution in [-0.4, -0.2) is 42.1 Å². The molecule has 1 aromatic carbocycles. The number of nitrogens with one attached hydrogen (secondary N) is 2. The second kappa shape index (κ2) is 10.1. The van der Waals surface area contributed by atoms with Crippen molar-refractivity contribution in [3.05, 3.63) is 29.8 Å². The van der Waals surface area contributed by atoms with Crippen LogP contribution in [0.4, 0.5) is 5.69 Å². The number of nitrogens with two attached hydrogens (primary N) is 3. The van der Waals surface area contributed by atoms with Crippen molar-refractivity contribution < 1.29 is 14.7 Å². The Bertz CT molecular complexity index is 569. The maximum Gasteiger partial charge on any atom is 0.322 e. The average molecular weight is 336 g/mol. The third-order valence-corrected chi connectivity index (χ3v) is 3.21. The molecule has 1 amide bonds. The molecule has 9 nitrogen and oxygen atoms in total. The van der Waals surface area contributed by atoms with Crippen LogP contribution in [0.15, 0.2) is 29.3 Å². The predicted molar refractivity (Wildman–Crippen MR) is 92.0 cm³/mol. The molecular weight excluding hydrogens is 312 g/mol. The average Bonchev–Trinajstić information content (AvgIpc) is 2.53. The van der Waals surface area contributed by atoms with Crippen molar-refractivity contribution in [3.63, 3.8) is 0 Å². The molecule has 0 saturated heterocycles. The van der Waals surface area contributed by atoms with Crippen molar-refractivity contribution >= 4 is 23.5 Å². The number of guanidine groups is 1. The molecule has 0 bridgehead atoms. The number of carbonyl (C=O) groups excluding carboxylic acids is 1. The lowest BCUT2D eigenvalue weighted by Gasteiger charge is -2.18. The van der Waals surface area contributed by atoms with Crippen LogP contribution in [0.3, 0.4) is 0 Å². The van der Waals surface area contributed by atoms with Crippen molar-refractivity contribution in [1.82, 2.24) is 10.6 Å². The minimum atomic E-state index is -1.10. The van der Waals surface area contributed by atoms with Gasteiger partial charge < -0.3 is 32.9 Å². The van der Waals surface area contributed by atoms with E-state index in [-0.39, 0.29) is 11.9 Å². The lowest BCUT2D eigenvalue weighted by Crippen LogP contribution is -2.45. The van der Waals surface area contributed by atoms with Crippen LogP contribution in [0.2, 0.25) is 0 Å². The van der Waals surface area contributed by atoms with E-state index >= 15 is 0 Å². The van der Waals surface area contributed by atoms with E-state index in [2.05, 4.69) is 15.6 Å². The SMILES string of the molecule is NC(N)=NCCC[C@@H](NCc1ccc(N)cc1)C(=O)NCC(=O)O. The summed E-state index contributed by atoms with van der Waals surface area (Å²) in [4.78, 5) is 26.6. The molecule has 1 atom stereocenters. The maximum atomic E-state index is 12.1. The van der Waals surface area contributed by atoms with E-state index in [0.29, 0.717) is 31.6 Å². The highest BCUT2D eigenvalue weighted by Gasteiger charge is 2.18. The molecule has 0 unspecified atom stereocenters. The van der Waals surface area contributed by atoms with Gasteiger partial charge in [0.2, 0.25) is 5.91 Å². The van der Waals surface area contributed by atoms with Gasteiger partial charge in [-0.1, -0.05) is 12.1 Å². The highest BCUT2D eigenvalue weighted by Crippen LogP contribution is 2.06. The van der Waals surface area contributed by atoms with Crippen LogP contribution in [0.1, 0.15) is 18.4 Å². The summed E-state index contributed by atoms with van der Waals surface area (Å²) in [6, 6.07) is 6.71. The number of carbonyl (C=O) groups is 2. The number of hydrogen-bond acceptors (Lipinski definition) is 5. The van der Waals surface area contributed by atoms with Gasteiger partial charge in [-0.3, -0.25) is 14.6 Å². The Morgan fingerprint density at radius 3 is 2.46 bits per heavy atom. The highest BCUT2D eigenvalue weighted by atomic mass is 16.4. The zero-order chi connectivity index (χ0) is 17.9. The number of amides is 1. The Labute approximate surface area is 140 Å². The number of aliphatic imine (C=N–C) groups is 1. The van der Waals surface area contributed by atoms with Crippen LogP contribution in [0.25, 0.3) is 0 Å². The van der Waals surface area contributed by atoms with Gasteiger partial charge in [-0.25, -0.2) is 0 Å². The molecule has 9 N–H and O–H groups in total. The van der Waals surface area contributed by atoms with E-state index < -0.39 is 18.6 Å². The summed E-state index contributed by atoms with van der Waals surface area (Å²) in [7, 11) is 0. The molecule has 1 rings (SSSR count). The highest BCUT2D eigenvalue weighted by molar-refractivity contribution is 5.85. The summed E-state index contributed by atoms with van der Waals surface area (Å²) >= 11 is 0. The molecule has 0 aliphatic heterocycles. The number of nitrogen functional groups attached to an aromatic ring is 1. The summed E-state index contributed by atoms with van der Waals surface area (Å²) in [6.45, 7) is 0.426. The van der Waals surface area contributed by atoms with Gasteiger partial charge in [-0.15, -0.1) is 0 Å². The second-order valence-electron chi connectivity index (χ2n) is 5.24.